The van der Waals surface area contributed by atoms with Crippen LogP contribution in [0.15, 0.2) is 22.7 Å². The highest BCUT2D eigenvalue weighted by atomic mass is 79.9. The van der Waals surface area contributed by atoms with Gasteiger partial charge in [-0.2, -0.15) is 0 Å². The van der Waals surface area contributed by atoms with Crippen molar-refractivity contribution in [2.75, 3.05) is 14.1 Å². The average molecular weight is 293 g/mol. The molecule has 0 saturated heterocycles. The molecule has 1 heterocycles. The van der Waals surface area contributed by atoms with Crippen LogP contribution in [0.25, 0.3) is 10.9 Å². The van der Waals surface area contributed by atoms with Gasteiger partial charge in [0.2, 0.25) is 0 Å². The SMILES string of the molecule is CN(C)[C@H]1CCc2[nH]c3c(Br)cccc3c2C1. The predicted molar refractivity (Wildman–Crippen MR) is 75.5 cm³/mol. The normalized spacial score (nSPS) is 19.9. The van der Waals surface area contributed by atoms with Crippen LogP contribution < -0.4 is 0 Å². The number of hydrogen-bond donors (Lipinski definition) is 1. The Kier molecular flexibility index (Phi) is 2.75. The first-order valence-electron chi connectivity index (χ1n) is 6.11. The molecule has 0 spiro atoms. The summed E-state index contributed by atoms with van der Waals surface area (Å²) in [5.74, 6) is 0. The van der Waals surface area contributed by atoms with E-state index in [-0.39, 0.29) is 0 Å². The van der Waals surface area contributed by atoms with Crippen LogP contribution in [-0.4, -0.2) is 30.0 Å². The number of fused-ring (bicyclic) bond motifs is 3. The van der Waals surface area contributed by atoms with E-state index in [1.807, 2.05) is 0 Å². The van der Waals surface area contributed by atoms with Crippen molar-refractivity contribution in [3.05, 3.63) is 33.9 Å². The molecule has 0 radical (unpaired) electrons. The van der Waals surface area contributed by atoms with Gasteiger partial charge in [0.15, 0.2) is 0 Å². The minimum absolute atomic E-state index is 0.681. The molecule has 0 saturated carbocycles. The molecule has 1 aliphatic rings. The molecule has 0 aliphatic heterocycles. The average Bonchev–Trinajstić information content (AvgIpc) is 2.68. The van der Waals surface area contributed by atoms with Crippen molar-refractivity contribution in [1.29, 1.82) is 0 Å². The first kappa shape index (κ1) is 11.3. The van der Waals surface area contributed by atoms with Crippen molar-refractivity contribution in [3.8, 4) is 0 Å². The highest BCUT2D eigenvalue weighted by Gasteiger charge is 2.23. The number of benzene rings is 1. The van der Waals surface area contributed by atoms with Gasteiger partial charge < -0.3 is 9.88 Å². The Labute approximate surface area is 110 Å². The fourth-order valence-corrected chi connectivity index (χ4v) is 3.29. The molecule has 17 heavy (non-hydrogen) atoms. The van der Waals surface area contributed by atoms with E-state index >= 15 is 0 Å². The lowest BCUT2D eigenvalue weighted by Crippen LogP contribution is -2.33. The summed E-state index contributed by atoms with van der Waals surface area (Å²) in [6.45, 7) is 0. The van der Waals surface area contributed by atoms with E-state index in [4.69, 9.17) is 0 Å². The van der Waals surface area contributed by atoms with Gasteiger partial charge in [0.1, 0.15) is 0 Å². The van der Waals surface area contributed by atoms with Gasteiger partial charge in [-0.05, 0) is 60.9 Å². The lowest BCUT2D eigenvalue weighted by Gasteiger charge is -2.28. The van der Waals surface area contributed by atoms with Gasteiger partial charge in [-0.15, -0.1) is 0 Å². The number of aromatic amines is 1. The largest absolute Gasteiger partial charge is 0.357 e. The van der Waals surface area contributed by atoms with E-state index in [0.717, 1.165) is 0 Å². The van der Waals surface area contributed by atoms with Gasteiger partial charge >= 0.3 is 0 Å². The lowest BCUT2D eigenvalue weighted by molar-refractivity contribution is 0.268. The molecule has 0 bridgehead atoms. The van der Waals surface area contributed by atoms with Crippen LogP contribution in [0.2, 0.25) is 0 Å². The number of halogens is 1. The van der Waals surface area contributed by atoms with Crippen LogP contribution in [0.3, 0.4) is 0 Å². The summed E-state index contributed by atoms with van der Waals surface area (Å²) < 4.78 is 1.17. The molecule has 3 heteroatoms. The lowest BCUT2D eigenvalue weighted by atomic mass is 9.91. The molecule has 1 N–H and O–H groups in total. The maximum atomic E-state index is 3.63. The second kappa shape index (κ2) is 4.14. The zero-order chi connectivity index (χ0) is 12.0. The molecule has 90 valence electrons. The van der Waals surface area contributed by atoms with Gasteiger partial charge in [0.25, 0.3) is 0 Å². The van der Waals surface area contributed by atoms with Gasteiger partial charge in [-0.25, -0.2) is 0 Å². The highest BCUT2D eigenvalue weighted by Crippen LogP contribution is 2.33. The molecule has 0 unspecified atom stereocenters. The van der Waals surface area contributed by atoms with E-state index in [2.05, 4.69) is 58.1 Å². The standard InChI is InChI=1S/C14H17BrN2/c1-17(2)9-6-7-13-11(8-9)10-4-3-5-12(15)14(10)16-13/h3-5,9,16H,6-8H2,1-2H3/t9-/m0/s1. The summed E-state index contributed by atoms with van der Waals surface area (Å²) in [7, 11) is 4.36. The quantitative estimate of drug-likeness (QED) is 0.854. The molecule has 0 amide bonds. The number of H-pyrrole nitrogens is 1. The van der Waals surface area contributed by atoms with Crippen molar-refractivity contribution in [1.82, 2.24) is 9.88 Å². The molecule has 1 aliphatic carbocycles. The molecule has 1 aromatic heterocycles. The molecule has 0 fully saturated rings. The van der Waals surface area contributed by atoms with Crippen LogP contribution in [0.5, 0.6) is 0 Å². The third-order valence-corrected chi connectivity index (χ3v) is 4.54. The Morgan fingerprint density at radius 1 is 1.35 bits per heavy atom. The van der Waals surface area contributed by atoms with Crippen molar-refractivity contribution >= 4 is 26.8 Å². The van der Waals surface area contributed by atoms with E-state index in [9.17, 15) is 0 Å². The number of rotatable bonds is 1. The minimum Gasteiger partial charge on any atom is -0.357 e. The predicted octanol–water partition coefficient (Wildman–Crippen LogP) is 3.35. The van der Waals surface area contributed by atoms with Crippen LogP contribution in [0, 0.1) is 0 Å². The summed E-state index contributed by atoms with van der Waals surface area (Å²) >= 11 is 3.63. The van der Waals surface area contributed by atoms with Gasteiger partial charge in [0, 0.05) is 21.6 Å². The van der Waals surface area contributed by atoms with E-state index in [1.54, 1.807) is 0 Å². The Balaban J connectivity index is 2.12. The number of nitrogens with zero attached hydrogens (tertiary/aromatic N) is 1. The monoisotopic (exact) mass is 292 g/mol. The van der Waals surface area contributed by atoms with Gasteiger partial charge in [0.05, 0.1) is 5.52 Å². The number of nitrogens with one attached hydrogen (secondary N) is 1. The summed E-state index contributed by atoms with van der Waals surface area (Å²) in [5, 5.41) is 1.39. The molecular weight excluding hydrogens is 276 g/mol. The van der Waals surface area contributed by atoms with Gasteiger partial charge in [-0.3, -0.25) is 0 Å². The number of aromatic nitrogens is 1. The molecule has 3 rings (SSSR count). The second-order valence-corrected chi connectivity index (χ2v) is 5.96. The Morgan fingerprint density at radius 3 is 2.94 bits per heavy atom. The van der Waals surface area contributed by atoms with Crippen LogP contribution in [0.1, 0.15) is 17.7 Å². The molecule has 2 aromatic rings. The molecule has 1 atom stereocenters. The Morgan fingerprint density at radius 2 is 2.18 bits per heavy atom. The van der Waals surface area contributed by atoms with Crippen LogP contribution >= 0.6 is 15.9 Å². The number of hydrogen-bond acceptors (Lipinski definition) is 1. The second-order valence-electron chi connectivity index (χ2n) is 5.10. The maximum absolute atomic E-state index is 3.63. The fourth-order valence-electron chi connectivity index (χ4n) is 2.83. The summed E-state index contributed by atoms with van der Waals surface area (Å²) in [5.41, 5.74) is 4.22. The third-order valence-electron chi connectivity index (χ3n) is 3.88. The molecule has 2 nitrogen and oxygen atoms in total. The van der Waals surface area contributed by atoms with E-state index in [0.29, 0.717) is 6.04 Å². The Hall–Kier alpha value is -0.800. The fraction of sp³-hybridized carbons (Fsp3) is 0.429. The number of aryl methyl sites for hydroxylation is 1. The van der Waals surface area contributed by atoms with Crippen LogP contribution in [-0.2, 0) is 12.8 Å². The smallest absolute Gasteiger partial charge is 0.0603 e. The summed E-state index contributed by atoms with van der Waals surface area (Å²) in [4.78, 5) is 5.93. The first-order chi connectivity index (χ1) is 8.16. The van der Waals surface area contributed by atoms with Crippen LogP contribution in [0.4, 0.5) is 0 Å². The third kappa shape index (κ3) is 1.81. The highest BCUT2D eigenvalue weighted by molar-refractivity contribution is 9.10. The zero-order valence-electron chi connectivity index (χ0n) is 10.3. The Bertz CT molecular complexity index is 557. The maximum Gasteiger partial charge on any atom is 0.0603 e. The zero-order valence-corrected chi connectivity index (χ0v) is 11.8. The molecule has 1 aromatic carbocycles. The first-order valence-corrected chi connectivity index (χ1v) is 6.90. The molecular formula is C14H17BrN2. The minimum atomic E-state index is 0.681. The van der Waals surface area contributed by atoms with Crippen molar-refractivity contribution in [2.45, 2.75) is 25.3 Å². The van der Waals surface area contributed by atoms with Crippen molar-refractivity contribution in [2.24, 2.45) is 0 Å². The summed E-state index contributed by atoms with van der Waals surface area (Å²) in [6.07, 6.45) is 3.59. The van der Waals surface area contributed by atoms with Crippen molar-refractivity contribution in [3.63, 3.8) is 0 Å². The van der Waals surface area contributed by atoms with E-state index in [1.165, 1.54) is 45.9 Å². The topological polar surface area (TPSA) is 19.0 Å². The van der Waals surface area contributed by atoms with Crippen molar-refractivity contribution < 1.29 is 0 Å². The number of para-hydroxylation sites is 1. The number of likely N-dealkylation sites (N-methyl/N-ethyl adjacent to an activating group) is 1. The van der Waals surface area contributed by atoms with Gasteiger partial charge in [-0.1, -0.05) is 12.1 Å². The summed E-state index contributed by atoms with van der Waals surface area (Å²) in [6, 6.07) is 7.14. The van der Waals surface area contributed by atoms with E-state index < -0.39 is 0 Å².